The van der Waals surface area contributed by atoms with E-state index in [2.05, 4.69) is 15.0 Å². The second-order valence-electron chi connectivity index (χ2n) is 6.63. The number of primary sulfonamides is 1. The molecule has 0 unspecified atom stereocenters. The van der Waals surface area contributed by atoms with Crippen LogP contribution in [0.4, 0.5) is 13.2 Å². The van der Waals surface area contributed by atoms with Gasteiger partial charge in [-0.05, 0) is 29.8 Å². The van der Waals surface area contributed by atoms with E-state index in [0.717, 1.165) is 12.1 Å². The molecule has 0 aliphatic rings. The minimum atomic E-state index is -4.47. The molecule has 0 saturated heterocycles. The molecule has 0 aliphatic carbocycles. The van der Waals surface area contributed by atoms with E-state index in [9.17, 15) is 21.6 Å². The number of nitrogens with one attached hydrogen (secondary N) is 1. The minimum Gasteiger partial charge on any atom is -0.470 e. The zero-order valence-electron chi connectivity index (χ0n) is 15.7. The molecule has 4 rings (SSSR count). The molecule has 7 nitrogen and oxygen atoms in total. The van der Waals surface area contributed by atoms with E-state index >= 15 is 0 Å². The summed E-state index contributed by atoms with van der Waals surface area (Å²) in [5, 5.41) is 5.31. The van der Waals surface area contributed by atoms with Crippen LogP contribution >= 0.6 is 0 Å². The zero-order chi connectivity index (χ0) is 22.2. The van der Waals surface area contributed by atoms with E-state index in [0.29, 0.717) is 34.2 Å². The molecule has 0 amide bonds. The van der Waals surface area contributed by atoms with Crippen LogP contribution in [0.3, 0.4) is 0 Å². The molecule has 0 fully saturated rings. The highest BCUT2D eigenvalue weighted by atomic mass is 32.2. The summed E-state index contributed by atoms with van der Waals surface area (Å²) in [7, 11) is -3.91. The fourth-order valence-electron chi connectivity index (χ4n) is 3.02. The SMILES string of the molecule is NS(=O)(=O)c1ccccc1-c1ccc2[nH]c(COc3ccc(C(F)(F)F)cn3)nc2c1. The Kier molecular flexibility index (Phi) is 5.15. The lowest BCUT2D eigenvalue weighted by atomic mass is 10.1. The van der Waals surface area contributed by atoms with Gasteiger partial charge in [-0.15, -0.1) is 0 Å². The number of nitrogens with two attached hydrogens (primary N) is 1. The highest BCUT2D eigenvalue weighted by Crippen LogP contribution is 2.30. The summed E-state index contributed by atoms with van der Waals surface area (Å²) >= 11 is 0. The lowest BCUT2D eigenvalue weighted by Gasteiger charge is -2.07. The van der Waals surface area contributed by atoms with Crippen LogP contribution in [0.1, 0.15) is 11.4 Å². The van der Waals surface area contributed by atoms with Gasteiger partial charge in [-0.3, -0.25) is 0 Å². The van der Waals surface area contributed by atoms with E-state index in [1.165, 1.54) is 6.07 Å². The quantitative estimate of drug-likeness (QED) is 0.482. The Morgan fingerprint density at radius 1 is 1.06 bits per heavy atom. The summed E-state index contributed by atoms with van der Waals surface area (Å²) in [6, 6.07) is 13.5. The average molecular weight is 448 g/mol. The van der Waals surface area contributed by atoms with Gasteiger partial charge >= 0.3 is 6.18 Å². The number of nitrogens with zero attached hydrogens (tertiary/aromatic N) is 2. The number of ether oxygens (including phenoxy) is 1. The molecule has 0 bridgehead atoms. The maximum atomic E-state index is 12.6. The molecule has 2 aromatic carbocycles. The number of imidazole rings is 1. The van der Waals surface area contributed by atoms with Crippen molar-refractivity contribution >= 4 is 21.1 Å². The van der Waals surface area contributed by atoms with E-state index in [-0.39, 0.29) is 17.4 Å². The van der Waals surface area contributed by atoms with Crippen molar-refractivity contribution in [2.75, 3.05) is 0 Å². The third-order valence-corrected chi connectivity index (χ3v) is 5.43. The number of sulfonamides is 1. The van der Waals surface area contributed by atoms with Crippen molar-refractivity contribution in [2.24, 2.45) is 5.14 Å². The van der Waals surface area contributed by atoms with Crippen LogP contribution in [0.15, 0.2) is 65.7 Å². The molecular formula is C20H15F3N4O3S. The van der Waals surface area contributed by atoms with Crippen LogP contribution in [0.25, 0.3) is 22.2 Å². The first-order valence-corrected chi connectivity index (χ1v) is 10.4. The fourth-order valence-corrected chi connectivity index (χ4v) is 3.78. The molecule has 160 valence electrons. The first-order valence-electron chi connectivity index (χ1n) is 8.88. The maximum Gasteiger partial charge on any atom is 0.417 e. The van der Waals surface area contributed by atoms with Crippen LogP contribution in [-0.4, -0.2) is 23.4 Å². The Morgan fingerprint density at radius 3 is 2.52 bits per heavy atom. The molecule has 2 aromatic heterocycles. The predicted molar refractivity (Wildman–Crippen MR) is 106 cm³/mol. The molecule has 0 spiro atoms. The Bertz CT molecular complexity index is 1350. The number of halogens is 3. The summed E-state index contributed by atoms with van der Waals surface area (Å²) < 4.78 is 66.9. The Hall–Kier alpha value is -3.44. The van der Waals surface area contributed by atoms with Gasteiger partial charge in [0.25, 0.3) is 0 Å². The van der Waals surface area contributed by atoms with Crippen molar-refractivity contribution in [3.63, 3.8) is 0 Å². The predicted octanol–water partition coefficient (Wildman–Crippen LogP) is 3.87. The molecule has 31 heavy (non-hydrogen) atoms. The van der Waals surface area contributed by atoms with Crippen molar-refractivity contribution < 1.29 is 26.3 Å². The van der Waals surface area contributed by atoms with Crippen molar-refractivity contribution in [1.82, 2.24) is 15.0 Å². The first kappa shape index (κ1) is 20.8. The molecule has 0 radical (unpaired) electrons. The van der Waals surface area contributed by atoms with E-state index in [1.54, 1.807) is 36.4 Å². The summed E-state index contributed by atoms with van der Waals surface area (Å²) in [6.07, 6.45) is -3.77. The first-order chi connectivity index (χ1) is 14.6. The van der Waals surface area contributed by atoms with E-state index in [1.807, 2.05) is 0 Å². The summed E-state index contributed by atoms with van der Waals surface area (Å²) in [5.41, 5.74) is 1.43. The summed E-state index contributed by atoms with van der Waals surface area (Å²) in [5.74, 6) is 0.449. The highest BCUT2D eigenvalue weighted by Gasteiger charge is 2.30. The molecule has 4 aromatic rings. The highest BCUT2D eigenvalue weighted by molar-refractivity contribution is 7.89. The van der Waals surface area contributed by atoms with Gasteiger partial charge in [-0.1, -0.05) is 24.3 Å². The number of benzene rings is 2. The molecule has 0 saturated carbocycles. The second-order valence-corrected chi connectivity index (χ2v) is 8.16. The number of hydrogen-bond donors (Lipinski definition) is 2. The standard InChI is InChI=1S/C20H15F3N4O3S/c21-20(22,23)13-6-8-19(25-10-13)30-11-18-26-15-7-5-12(9-16(15)27-18)14-3-1-2-4-17(14)31(24,28)29/h1-10H,11H2,(H,26,27)(H2,24,28,29). The van der Waals surface area contributed by atoms with Crippen molar-refractivity contribution in [3.05, 3.63) is 72.2 Å². The number of fused-ring (bicyclic) bond motifs is 1. The lowest BCUT2D eigenvalue weighted by Crippen LogP contribution is -2.13. The molecule has 2 heterocycles. The topological polar surface area (TPSA) is 111 Å². The van der Waals surface area contributed by atoms with Crippen molar-refractivity contribution in [3.8, 4) is 17.0 Å². The van der Waals surface area contributed by atoms with Gasteiger partial charge < -0.3 is 9.72 Å². The van der Waals surface area contributed by atoms with Gasteiger partial charge in [0, 0.05) is 17.8 Å². The second kappa shape index (κ2) is 7.67. The van der Waals surface area contributed by atoms with Crippen molar-refractivity contribution in [1.29, 1.82) is 0 Å². The van der Waals surface area contributed by atoms with Gasteiger partial charge in [-0.2, -0.15) is 13.2 Å². The van der Waals surface area contributed by atoms with Crippen molar-refractivity contribution in [2.45, 2.75) is 17.7 Å². The Labute approximate surface area is 174 Å². The number of aromatic nitrogens is 3. The number of rotatable bonds is 5. The third kappa shape index (κ3) is 4.52. The van der Waals surface area contributed by atoms with Gasteiger partial charge in [0.2, 0.25) is 15.9 Å². The summed E-state index contributed by atoms with van der Waals surface area (Å²) in [6.45, 7) is -0.0455. The fraction of sp³-hybridized carbons (Fsp3) is 0.100. The van der Waals surface area contributed by atoms with Crippen LogP contribution in [-0.2, 0) is 22.8 Å². The number of aromatic amines is 1. The number of alkyl halides is 3. The van der Waals surface area contributed by atoms with Gasteiger partial charge in [0.05, 0.1) is 21.5 Å². The van der Waals surface area contributed by atoms with E-state index in [4.69, 9.17) is 9.88 Å². The maximum absolute atomic E-state index is 12.6. The van der Waals surface area contributed by atoms with Gasteiger partial charge in [-0.25, -0.2) is 23.5 Å². The lowest BCUT2D eigenvalue weighted by molar-refractivity contribution is -0.137. The molecular weight excluding hydrogens is 433 g/mol. The monoisotopic (exact) mass is 448 g/mol. The van der Waals surface area contributed by atoms with Crippen LogP contribution < -0.4 is 9.88 Å². The van der Waals surface area contributed by atoms with E-state index < -0.39 is 21.8 Å². The minimum absolute atomic E-state index is 0.00169. The normalized spacial score (nSPS) is 12.3. The molecule has 3 N–H and O–H groups in total. The average Bonchev–Trinajstić information content (AvgIpc) is 3.13. The number of hydrogen-bond acceptors (Lipinski definition) is 5. The van der Waals surface area contributed by atoms with Crippen LogP contribution in [0, 0.1) is 0 Å². The third-order valence-electron chi connectivity index (χ3n) is 4.46. The largest absolute Gasteiger partial charge is 0.470 e. The zero-order valence-corrected chi connectivity index (χ0v) is 16.5. The Morgan fingerprint density at radius 2 is 1.84 bits per heavy atom. The van der Waals surface area contributed by atoms with Gasteiger partial charge in [0.1, 0.15) is 12.4 Å². The summed E-state index contributed by atoms with van der Waals surface area (Å²) in [4.78, 5) is 11.1. The van der Waals surface area contributed by atoms with Crippen LogP contribution in [0.5, 0.6) is 5.88 Å². The Balaban J connectivity index is 1.56. The molecule has 0 aliphatic heterocycles. The van der Waals surface area contributed by atoms with Gasteiger partial charge in [0.15, 0.2) is 0 Å². The number of pyridine rings is 1. The molecule has 11 heteroatoms. The molecule has 0 atom stereocenters. The number of H-pyrrole nitrogens is 1. The van der Waals surface area contributed by atoms with Crippen LogP contribution in [0.2, 0.25) is 0 Å². The smallest absolute Gasteiger partial charge is 0.417 e.